The fourth-order valence-corrected chi connectivity index (χ4v) is 2.03. The summed E-state index contributed by atoms with van der Waals surface area (Å²) in [5.41, 5.74) is 0. The molecule has 16 heavy (non-hydrogen) atoms. The van der Waals surface area contributed by atoms with E-state index in [0.29, 0.717) is 0 Å². The molecule has 3 rings (SSSR count). The first-order valence-electron chi connectivity index (χ1n) is 4.89. The van der Waals surface area contributed by atoms with Gasteiger partial charge in [-0.1, -0.05) is 6.07 Å². The van der Waals surface area contributed by atoms with Crippen LogP contribution in [0.25, 0.3) is 0 Å². The van der Waals surface area contributed by atoms with E-state index >= 15 is 0 Å². The van der Waals surface area contributed by atoms with Crippen LogP contribution in [0.15, 0.2) is 17.5 Å². The quantitative estimate of drug-likeness (QED) is 0.684. The summed E-state index contributed by atoms with van der Waals surface area (Å²) in [6.45, 7) is 0. The third kappa shape index (κ3) is 4.61. The van der Waals surface area contributed by atoms with Crippen molar-refractivity contribution < 1.29 is 17.1 Å². The van der Waals surface area contributed by atoms with Crippen LogP contribution >= 0.6 is 11.3 Å². The summed E-state index contributed by atoms with van der Waals surface area (Å²) in [7, 11) is 0. The van der Waals surface area contributed by atoms with Crippen molar-refractivity contribution in [3.63, 3.8) is 0 Å². The number of hydrogen-bond donors (Lipinski definition) is 0. The van der Waals surface area contributed by atoms with Crippen molar-refractivity contribution in [1.82, 2.24) is 0 Å². The van der Waals surface area contributed by atoms with E-state index in [1.807, 2.05) is 32.1 Å². The normalized spacial score (nSPS) is 20.0. The van der Waals surface area contributed by atoms with Crippen LogP contribution in [0.4, 0.5) is 0 Å². The molecule has 0 atom stereocenters. The van der Waals surface area contributed by atoms with Crippen LogP contribution in [-0.4, -0.2) is 0 Å². The first-order valence-corrected chi connectivity index (χ1v) is 5.77. The summed E-state index contributed by atoms with van der Waals surface area (Å²) in [6, 6.07) is 4.22. The van der Waals surface area contributed by atoms with E-state index in [-0.39, 0.29) is 17.1 Å². The minimum absolute atomic E-state index is 0. The topological polar surface area (TPSA) is 0 Å². The van der Waals surface area contributed by atoms with Crippen molar-refractivity contribution in [2.45, 2.75) is 0 Å². The van der Waals surface area contributed by atoms with Gasteiger partial charge in [0.1, 0.15) is 0 Å². The second-order valence-electron chi connectivity index (χ2n) is 3.11. The Morgan fingerprint density at radius 1 is 0.750 bits per heavy atom. The summed E-state index contributed by atoms with van der Waals surface area (Å²) < 4.78 is 0. The average Bonchev–Trinajstić information content (AvgIpc) is 3.06. The van der Waals surface area contributed by atoms with Gasteiger partial charge in [0.2, 0.25) is 0 Å². The molecule has 0 unspecified atom stereocenters. The molecule has 10 radical (unpaired) electrons. The van der Waals surface area contributed by atoms with Crippen molar-refractivity contribution >= 4 is 11.3 Å². The van der Waals surface area contributed by atoms with Crippen LogP contribution in [-0.2, 0) is 17.1 Å². The van der Waals surface area contributed by atoms with Crippen LogP contribution in [0.2, 0.25) is 0 Å². The van der Waals surface area contributed by atoms with Crippen LogP contribution in [0.5, 0.6) is 0 Å². The van der Waals surface area contributed by atoms with Gasteiger partial charge in [-0.25, -0.2) is 0 Å². The van der Waals surface area contributed by atoms with Gasteiger partial charge in [-0.05, 0) is 69.2 Å². The van der Waals surface area contributed by atoms with Gasteiger partial charge in [-0.3, -0.25) is 0 Å². The standard InChI is InChI=1S/C9H7S.C5H5.Fe/c1-2-5-8(4-1)9-6-3-7-10-9;1-2-4-5-3-1;/h1-7H;1-5H;/q;;+2. The summed E-state index contributed by atoms with van der Waals surface area (Å²) in [4.78, 5) is 1.35. The van der Waals surface area contributed by atoms with Gasteiger partial charge in [0.15, 0.2) is 0 Å². The number of hydrogen-bond acceptors (Lipinski definition) is 1. The SMILES string of the molecule is [CH]1[CH][CH][CH][CH]1.[CH]1[CH][CH][C](c2cccs2)[CH]1.[Fe+2]. The van der Waals surface area contributed by atoms with Gasteiger partial charge in [0.25, 0.3) is 0 Å². The van der Waals surface area contributed by atoms with Crippen molar-refractivity contribution in [3.05, 3.63) is 86.1 Å². The molecule has 80 valence electrons. The molecule has 1 aromatic heterocycles. The minimum atomic E-state index is 0. The molecule has 2 aliphatic rings. The zero-order valence-electron chi connectivity index (χ0n) is 8.69. The van der Waals surface area contributed by atoms with Gasteiger partial charge in [-0.2, -0.15) is 0 Å². The third-order valence-electron chi connectivity index (χ3n) is 2.02. The van der Waals surface area contributed by atoms with Gasteiger partial charge in [0, 0.05) is 10.8 Å². The minimum Gasteiger partial charge on any atom is -0.148 e. The monoisotopic (exact) mass is 268 g/mol. The first kappa shape index (κ1) is 14.3. The molecule has 0 aliphatic heterocycles. The Labute approximate surface area is 114 Å². The van der Waals surface area contributed by atoms with E-state index in [0.717, 1.165) is 0 Å². The maximum atomic E-state index is 2.14. The molecule has 2 heteroatoms. The first-order chi connectivity index (χ1) is 7.47. The molecule has 0 saturated heterocycles. The van der Waals surface area contributed by atoms with E-state index in [1.54, 1.807) is 11.3 Å². The predicted octanol–water partition coefficient (Wildman–Crippen LogP) is 3.52. The Morgan fingerprint density at radius 2 is 1.31 bits per heavy atom. The van der Waals surface area contributed by atoms with Crippen molar-refractivity contribution in [3.8, 4) is 0 Å². The van der Waals surface area contributed by atoms with Crippen LogP contribution in [0, 0.1) is 63.7 Å². The molecule has 1 aromatic rings. The molecular weight excluding hydrogens is 256 g/mol. The molecule has 0 aromatic carbocycles. The van der Waals surface area contributed by atoms with E-state index in [1.165, 1.54) is 10.8 Å². The van der Waals surface area contributed by atoms with Crippen molar-refractivity contribution in [1.29, 1.82) is 0 Å². The van der Waals surface area contributed by atoms with Crippen LogP contribution in [0.3, 0.4) is 0 Å². The fraction of sp³-hybridized carbons (Fsp3) is 0. The van der Waals surface area contributed by atoms with E-state index in [2.05, 4.69) is 43.2 Å². The second kappa shape index (κ2) is 8.33. The molecule has 0 amide bonds. The van der Waals surface area contributed by atoms with Crippen molar-refractivity contribution in [2.75, 3.05) is 0 Å². The molecule has 2 aliphatic carbocycles. The maximum absolute atomic E-state index is 2.14. The number of rotatable bonds is 1. The number of thiophene rings is 1. The van der Waals surface area contributed by atoms with Gasteiger partial charge in [0.05, 0.1) is 0 Å². The van der Waals surface area contributed by atoms with E-state index in [4.69, 9.17) is 0 Å². The molecule has 2 saturated carbocycles. The Balaban J connectivity index is 0.000000183. The molecule has 0 bridgehead atoms. The molecule has 0 N–H and O–H groups in total. The van der Waals surface area contributed by atoms with Crippen LogP contribution in [0.1, 0.15) is 4.88 Å². The summed E-state index contributed by atoms with van der Waals surface area (Å²) in [6.07, 6.45) is 18.4. The Bertz CT molecular complexity index is 238. The van der Waals surface area contributed by atoms with E-state index < -0.39 is 0 Å². The fourth-order valence-electron chi connectivity index (χ4n) is 1.30. The molecule has 0 nitrogen and oxygen atoms in total. The largest absolute Gasteiger partial charge is 2.00 e. The molecule has 2 fully saturated rings. The Hall–Kier alpha value is 0.219. The van der Waals surface area contributed by atoms with Crippen LogP contribution < -0.4 is 0 Å². The van der Waals surface area contributed by atoms with E-state index in [9.17, 15) is 0 Å². The van der Waals surface area contributed by atoms with Gasteiger partial charge in [-0.15, -0.1) is 11.3 Å². The summed E-state index contributed by atoms with van der Waals surface area (Å²) in [5.74, 6) is 1.33. The molecule has 1 heterocycles. The predicted molar refractivity (Wildman–Crippen MR) is 65.4 cm³/mol. The molecule has 0 spiro atoms. The zero-order valence-corrected chi connectivity index (χ0v) is 10.6. The summed E-state index contributed by atoms with van der Waals surface area (Å²) >= 11 is 1.78. The third-order valence-corrected chi connectivity index (χ3v) is 2.94. The second-order valence-corrected chi connectivity index (χ2v) is 4.06. The molecular formula is C14H12FeS+2. The zero-order chi connectivity index (χ0) is 10.3. The maximum Gasteiger partial charge on any atom is 2.00 e. The Kier molecular flexibility index (Phi) is 7.44. The van der Waals surface area contributed by atoms with Crippen molar-refractivity contribution in [2.24, 2.45) is 0 Å². The Morgan fingerprint density at radius 3 is 1.75 bits per heavy atom. The smallest absolute Gasteiger partial charge is 0.148 e. The van der Waals surface area contributed by atoms with Gasteiger partial charge >= 0.3 is 17.1 Å². The average molecular weight is 268 g/mol. The summed E-state index contributed by atoms with van der Waals surface area (Å²) in [5, 5.41) is 2.10. The van der Waals surface area contributed by atoms with Gasteiger partial charge < -0.3 is 0 Å².